The molecule has 1 atom stereocenters. The molecule has 0 aliphatic heterocycles. The van der Waals surface area contributed by atoms with Crippen molar-refractivity contribution in [3.05, 3.63) is 46.0 Å². The minimum atomic E-state index is 0.0740. The topological polar surface area (TPSA) is 42.7 Å². The predicted molar refractivity (Wildman–Crippen MR) is 86.8 cm³/mol. The first-order chi connectivity index (χ1) is 10.0. The fraction of sp³-hybridized carbons (Fsp3) is 0.467. The molecule has 0 radical (unpaired) electrons. The number of rotatable bonds is 6. The highest BCUT2D eigenvalue weighted by Gasteiger charge is 2.17. The van der Waals surface area contributed by atoms with E-state index in [1.54, 1.807) is 12.4 Å². The third-order valence-electron chi connectivity index (χ3n) is 3.31. The van der Waals surface area contributed by atoms with Crippen LogP contribution in [-0.2, 0) is 13.0 Å². The summed E-state index contributed by atoms with van der Waals surface area (Å²) in [6, 6.07) is 5.65. The van der Waals surface area contributed by atoms with E-state index >= 15 is 0 Å². The number of benzene rings is 1. The van der Waals surface area contributed by atoms with Crippen LogP contribution in [-0.4, -0.2) is 21.8 Å². The Morgan fingerprint density at radius 2 is 2.05 bits per heavy atom. The number of nitrogens with one attached hydrogen (secondary N) is 1. The molecule has 1 unspecified atom stereocenters. The van der Waals surface area contributed by atoms with Gasteiger partial charge in [0.1, 0.15) is 12.2 Å². The van der Waals surface area contributed by atoms with Crippen molar-refractivity contribution in [1.82, 2.24) is 20.1 Å². The second kappa shape index (κ2) is 7.25. The molecule has 1 aromatic carbocycles. The van der Waals surface area contributed by atoms with Crippen molar-refractivity contribution in [2.24, 2.45) is 5.92 Å². The van der Waals surface area contributed by atoms with Crippen LogP contribution in [0.5, 0.6) is 0 Å². The standard InChI is InChI=1S/C15H20Cl2N4/c1-10(2)8-21-15(19-9-20-21)7-14(18-3)12-5-4-11(16)6-13(12)17/h4-6,9-10,14,18H,7-8H2,1-3H3. The van der Waals surface area contributed by atoms with Gasteiger partial charge in [0.25, 0.3) is 0 Å². The first kappa shape index (κ1) is 16.3. The Morgan fingerprint density at radius 3 is 2.67 bits per heavy atom. The molecule has 1 aromatic heterocycles. The summed E-state index contributed by atoms with van der Waals surface area (Å²) in [6.45, 7) is 5.19. The van der Waals surface area contributed by atoms with Gasteiger partial charge in [-0.05, 0) is 30.7 Å². The van der Waals surface area contributed by atoms with Crippen molar-refractivity contribution in [2.75, 3.05) is 7.05 Å². The van der Waals surface area contributed by atoms with Gasteiger partial charge in [-0.1, -0.05) is 43.1 Å². The Labute approximate surface area is 135 Å². The molecule has 0 saturated carbocycles. The first-order valence-electron chi connectivity index (χ1n) is 7.00. The summed E-state index contributed by atoms with van der Waals surface area (Å²) in [6.07, 6.45) is 2.33. The number of hydrogen-bond acceptors (Lipinski definition) is 3. The van der Waals surface area contributed by atoms with Gasteiger partial charge < -0.3 is 5.32 Å². The summed E-state index contributed by atoms with van der Waals surface area (Å²) in [7, 11) is 1.92. The van der Waals surface area contributed by atoms with Crippen LogP contribution < -0.4 is 5.32 Å². The minimum absolute atomic E-state index is 0.0740. The summed E-state index contributed by atoms with van der Waals surface area (Å²) >= 11 is 12.3. The maximum atomic E-state index is 6.30. The molecule has 0 spiro atoms. The summed E-state index contributed by atoms with van der Waals surface area (Å²) in [5.41, 5.74) is 1.02. The molecule has 0 aliphatic rings. The van der Waals surface area contributed by atoms with Crippen LogP contribution in [0.4, 0.5) is 0 Å². The van der Waals surface area contributed by atoms with Gasteiger partial charge in [-0.2, -0.15) is 5.10 Å². The van der Waals surface area contributed by atoms with Crippen LogP contribution in [0.3, 0.4) is 0 Å². The van der Waals surface area contributed by atoms with E-state index in [4.69, 9.17) is 23.2 Å². The summed E-state index contributed by atoms with van der Waals surface area (Å²) < 4.78 is 1.96. The highest BCUT2D eigenvalue weighted by Crippen LogP contribution is 2.28. The van der Waals surface area contributed by atoms with Gasteiger partial charge >= 0.3 is 0 Å². The lowest BCUT2D eigenvalue weighted by molar-refractivity contribution is 0.451. The number of halogens is 2. The first-order valence-corrected chi connectivity index (χ1v) is 7.75. The van der Waals surface area contributed by atoms with Crippen LogP contribution >= 0.6 is 23.2 Å². The van der Waals surface area contributed by atoms with E-state index < -0.39 is 0 Å². The van der Waals surface area contributed by atoms with E-state index in [9.17, 15) is 0 Å². The average molecular weight is 327 g/mol. The van der Waals surface area contributed by atoms with Crippen molar-refractivity contribution in [3.8, 4) is 0 Å². The molecule has 0 fully saturated rings. The fourth-order valence-corrected chi connectivity index (χ4v) is 2.82. The van der Waals surface area contributed by atoms with Gasteiger partial charge in [0, 0.05) is 29.1 Å². The molecule has 114 valence electrons. The van der Waals surface area contributed by atoms with Crippen LogP contribution in [0.15, 0.2) is 24.5 Å². The predicted octanol–water partition coefficient (Wildman–Crippen LogP) is 3.74. The Morgan fingerprint density at radius 1 is 1.29 bits per heavy atom. The van der Waals surface area contributed by atoms with E-state index in [1.807, 2.05) is 23.9 Å². The van der Waals surface area contributed by atoms with Crippen molar-refractivity contribution in [3.63, 3.8) is 0 Å². The highest BCUT2D eigenvalue weighted by molar-refractivity contribution is 6.35. The van der Waals surface area contributed by atoms with Crippen molar-refractivity contribution >= 4 is 23.2 Å². The monoisotopic (exact) mass is 326 g/mol. The highest BCUT2D eigenvalue weighted by atomic mass is 35.5. The number of likely N-dealkylation sites (N-methyl/N-ethyl adjacent to an activating group) is 1. The van der Waals surface area contributed by atoms with Gasteiger partial charge in [-0.3, -0.25) is 0 Å². The Hall–Kier alpha value is -1.10. The second-order valence-corrected chi connectivity index (χ2v) is 6.31. The maximum absolute atomic E-state index is 6.30. The van der Waals surface area contributed by atoms with Crippen LogP contribution in [0.2, 0.25) is 10.0 Å². The lowest BCUT2D eigenvalue weighted by Crippen LogP contribution is -2.22. The van der Waals surface area contributed by atoms with Crippen molar-refractivity contribution in [1.29, 1.82) is 0 Å². The molecule has 0 aliphatic carbocycles. The Balaban J connectivity index is 2.21. The SMILES string of the molecule is CNC(Cc1ncnn1CC(C)C)c1ccc(Cl)cc1Cl. The van der Waals surface area contributed by atoms with E-state index in [0.717, 1.165) is 24.4 Å². The molecular formula is C15H20Cl2N4. The zero-order chi connectivity index (χ0) is 15.4. The number of hydrogen-bond donors (Lipinski definition) is 1. The molecule has 4 nitrogen and oxygen atoms in total. The molecule has 1 heterocycles. The summed E-state index contributed by atoms with van der Waals surface area (Å²) in [4.78, 5) is 4.37. The number of aromatic nitrogens is 3. The Bertz CT molecular complexity index is 595. The van der Waals surface area contributed by atoms with E-state index in [2.05, 4.69) is 29.2 Å². The molecule has 0 amide bonds. The van der Waals surface area contributed by atoms with Gasteiger partial charge in [0.05, 0.1) is 0 Å². The Kier molecular flexibility index (Phi) is 5.62. The number of nitrogens with zero attached hydrogens (tertiary/aromatic N) is 3. The zero-order valence-corrected chi connectivity index (χ0v) is 14.0. The average Bonchev–Trinajstić information content (AvgIpc) is 2.83. The minimum Gasteiger partial charge on any atom is -0.313 e. The molecule has 0 bridgehead atoms. The van der Waals surface area contributed by atoms with Gasteiger partial charge in [-0.25, -0.2) is 9.67 Å². The van der Waals surface area contributed by atoms with E-state index in [0.29, 0.717) is 16.0 Å². The quantitative estimate of drug-likeness (QED) is 0.879. The van der Waals surface area contributed by atoms with E-state index in [-0.39, 0.29) is 6.04 Å². The molecule has 21 heavy (non-hydrogen) atoms. The fourth-order valence-electron chi connectivity index (χ4n) is 2.28. The van der Waals surface area contributed by atoms with Crippen molar-refractivity contribution < 1.29 is 0 Å². The lowest BCUT2D eigenvalue weighted by atomic mass is 10.0. The van der Waals surface area contributed by atoms with Crippen LogP contribution in [0.25, 0.3) is 0 Å². The smallest absolute Gasteiger partial charge is 0.138 e. The third kappa shape index (κ3) is 4.19. The van der Waals surface area contributed by atoms with Crippen LogP contribution in [0.1, 0.15) is 31.3 Å². The van der Waals surface area contributed by atoms with Crippen LogP contribution in [0, 0.1) is 5.92 Å². The zero-order valence-electron chi connectivity index (χ0n) is 12.5. The van der Waals surface area contributed by atoms with Gasteiger partial charge in [0.15, 0.2) is 0 Å². The molecule has 0 saturated heterocycles. The van der Waals surface area contributed by atoms with E-state index in [1.165, 1.54) is 0 Å². The van der Waals surface area contributed by atoms with Gasteiger partial charge in [0.2, 0.25) is 0 Å². The second-order valence-electron chi connectivity index (χ2n) is 5.46. The maximum Gasteiger partial charge on any atom is 0.138 e. The lowest BCUT2D eigenvalue weighted by Gasteiger charge is -2.18. The summed E-state index contributed by atoms with van der Waals surface area (Å²) in [5.74, 6) is 1.48. The molecule has 2 rings (SSSR count). The molecular weight excluding hydrogens is 307 g/mol. The third-order valence-corrected chi connectivity index (χ3v) is 3.87. The van der Waals surface area contributed by atoms with Crippen molar-refractivity contribution in [2.45, 2.75) is 32.9 Å². The molecule has 1 N–H and O–H groups in total. The van der Waals surface area contributed by atoms with Gasteiger partial charge in [-0.15, -0.1) is 0 Å². The molecule has 6 heteroatoms. The largest absolute Gasteiger partial charge is 0.313 e. The molecule has 2 aromatic rings. The normalized spacial score (nSPS) is 12.9. The summed E-state index contributed by atoms with van der Waals surface area (Å²) in [5, 5.41) is 8.89.